The SMILES string of the molecule is CCN1C(=O)C(=Cc2ccc(-c3ccc(N(c4ccc(-c5ccc(C=C6C(=O)N(CC)C(=S)N(CC)C6=O)s5)cc4)c4ccc(-c5ccc(C=C6C(=O)N(CC)C(=S)N(CC)C6=O)s5)cc4)cc3)s2)C(=O)N(CC)C1=S. The molecule has 3 aromatic heterocycles. The molecule has 3 aliphatic rings. The summed E-state index contributed by atoms with van der Waals surface area (Å²) in [6.07, 6.45) is 4.96. The maximum absolute atomic E-state index is 13.4. The Bertz CT molecular complexity index is 3020. The number of hydrogen-bond acceptors (Lipinski definition) is 13. The lowest BCUT2D eigenvalue weighted by molar-refractivity contribution is -0.135. The number of thiophene rings is 3. The summed E-state index contributed by atoms with van der Waals surface area (Å²) >= 11 is 20.8. The molecule has 3 aliphatic heterocycles. The van der Waals surface area contributed by atoms with Gasteiger partial charge in [0.05, 0.1) is 0 Å². The van der Waals surface area contributed by atoms with Crippen LogP contribution in [0.15, 0.2) is 126 Å². The molecule has 9 rings (SSSR count). The van der Waals surface area contributed by atoms with Gasteiger partial charge in [-0.3, -0.25) is 58.2 Å². The van der Waals surface area contributed by atoms with Crippen LogP contribution < -0.4 is 4.90 Å². The highest BCUT2D eigenvalue weighted by atomic mass is 32.1. The van der Waals surface area contributed by atoms with Crippen LogP contribution >= 0.6 is 70.7 Å². The van der Waals surface area contributed by atoms with E-state index in [1.165, 1.54) is 63.4 Å². The number of anilines is 3. The predicted molar refractivity (Wildman–Crippen MR) is 317 cm³/mol. The molecule has 76 heavy (non-hydrogen) atoms. The molecule has 0 spiro atoms. The summed E-state index contributed by atoms with van der Waals surface area (Å²) < 4.78 is 0. The largest absolute Gasteiger partial charge is 0.311 e. The van der Waals surface area contributed by atoms with E-state index in [0.717, 1.165) is 63.0 Å². The minimum absolute atomic E-state index is 0.0808. The van der Waals surface area contributed by atoms with Gasteiger partial charge >= 0.3 is 0 Å². The Morgan fingerprint density at radius 2 is 0.553 bits per heavy atom. The van der Waals surface area contributed by atoms with Gasteiger partial charge in [0.25, 0.3) is 35.4 Å². The molecule has 6 amide bonds. The average Bonchev–Trinajstić information content (AvgIpc) is 4.23. The van der Waals surface area contributed by atoms with Crippen molar-refractivity contribution in [3.8, 4) is 31.3 Å². The van der Waals surface area contributed by atoms with Crippen molar-refractivity contribution in [1.29, 1.82) is 0 Å². The van der Waals surface area contributed by atoms with Crippen molar-refractivity contribution >= 4 is 157 Å². The van der Waals surface area contributed by atoms with E-state index in [1.807, 2.05) is 114 Å². The summed E-state index contributed by atoms with van der Waals surface area (Å²) in [5.74, 6) is -2.39. The van der Waals surface area contributed by atoms with Gasteiger partial charge < -0.3 is 4.90 Å². The van der Waals surface area contributed by atoms with E-state index in [2.05, 4.69) is 41.3 Å². The predicted octanol–water partition coefficient (Wildman–Crippen LogP) is 11.5. The van der Waals surface area contributed by atoms with Gasteiger partial charge in [-0.2, -0.15) is 0 Å². The van der Waals surface area contributed by atoms with Crippen LogP contribution in [0.25, 0.3) is 49.5 Å². The molecule has 0 atom stereocenters. The lowest BCUT2D eigenvalue weighted by atomic mass is 10.1. The fourth-order valence-electron chi connectivity index (χ4n) is 9.10. The van der Waals surface area contributed by atoms with E-state index >= 15 is 0 Å². The van der Waals surface area contributed by atoms with E-state index in [9.17, 15) is 28.8 Å². The number of thiocarbonyl (C=S) groups is 3. The van der Waals surface area contributed by atoms with E-state index in [4.69, 9.17) is 36.7 Å². The molecule has 0 unspecified atom stereocenters. The normalized spacial score (nSPS) is 15.6. The van der Waals surface area contributed by atoms with Crippen LogP contribution in [0, 0.1) is 0 Å². The summed E-state index contributed by atoms with van der Waals surface area (Å²) in [6.45, 7) is 13.1. The van der Waals surface area contributed by atoms with Gasteiger partial charge in [0.15, 0.2) is 15.3 Å². The maximum Gasteiger partial charge on any atom is 0.265 e. The third-order valence-electron chi connectivity index (χ3n) is 13.1. The van der Waals surface area contributed by atoms with Crippen molar-refractivity contribution < 1.29 is 28.8 Å². The first-order chi connectivity index (χ1) is 36.6. The van der Waals surface area contributed by atoms with Crippen molar-refractivity contribution in [3.63, 3.8) is 0 Å². The van der Waals surface area contributed by atoms with Crippen LogP contribution in [-0.2, 0) is 28.8 Å². The summed E-state index contributed by atoms with van der Waals surface area (Å²) in [4.78, 5) is 96.2. The van der Waals surface area contributed by atoms with Gasteiger partial charge in [-0.1, -0.05) is 36.4 Å². The molecule has 19 heteroatoms. The molecule has 0 radical (unpaired) electrons. The summed E-state index contributed by atoms with van der Waals surface area (Å²) in [5, 5.41) is 0.668. The zero-order valence-corrected chi connectivity index (χ0v) is 47.3. The number of carbonyl (C=O) groups excluding carboxylic acids is 6. The number of nitrogens with zero attached hydrogens (tertiary/aromatic N) is 7. The second-order valence-electron chi connectivity index (χ2n) is 17.4. The molecule has 0 N–H and O–H groups in total. The molecule has 0 saturated carbocycles. The van der Waals surface area contributed by atoms with Gasteiger partial charge in [0.1, 0.15) is 16.7 Å². The Morgan fingerprint density at radius 3 is 0.750 bits per heavy atom. The Hall–Kier alpha value is -7.13. The molecule has 3 saturated heterocycles. The number of hydrogen-bond donors (Lipinski definition) is 0. The van der Waals surface area contributed by atoms with Crippen molar-refractivity contribution in [2.75, 3.05) is 44.2 Å². The van der Waals surface area contributed by atoms with Crippen molar-refractivity contribution in [1.82, 2.24) is 29.4 Å². The Balaban J connectivity index is 1.02. The number of carbonyl (C=O) groups is 6. The molecular formula is C57H51N7O6S6. The highest BCUT2D eigenvalue weighted by molar-refractivity contribution is 7.80. The molecule has 3 fully saturated rings. The van der Waals surface area contributed by atoms with E-state index in [0.29, 0.717) is 39.3 Å². The topological polar surface area (TPSA) is 125 Å². The van der Waals surface area contributed by atoms with Crippen LogP contribution in [0.5, 0.6) is 0 Å². The van der Waals surface area contributed by atoms with Crippen LogP contribution in [0.4, 0.5) is 17.1 Å². The fourth-order valence-corrected chi connectivity index (χ4v) is 13.2. The zero-order chi connectivity index (χ0) is 54.1. The molecule has 0 aliphatic carbocycles. The van der Waals surface area contributed by atoms with Crippen molar-refractivity contribution in [2.24, 2.45) is 0 Å². The zero-order valence-electron chi connectivity index (χ0n) is 42.4. The average molecular weight is 1120 g/mol. The standard InChI is InChI=1S/C57H51N7O6S6/c1-7-58-49(65)43(50(66)59(8-2)55(58)71)31-40-25-28-46(74-40)34-13-19-37(20-14-34)64(38-21-15-35(16-22-38)47-29-26-41(75-47)32-44-51(67)60(9-3)56(72)61(10-4)52(44)68)39-23-17-36(18-24-39)48-30-27-42(76-48)33-45-53(69)62(11-5)57(73)63(12-6)54(45)70/h13-33H,7-12H2,1-6H3. The molecule has 0 bridgehead atoms. The van der Waals surface area contributed by atoms with Crippen molar-refractivity contribution in [3.05, 3.63) is 141 Å². The quantitative estimate of drug-likeness (QED) is 0.0557. The summed E-state index contributed by atoms with van der Waals surface area (Å²) in [5.41, 5.74) is 5.77. The molecule has 3 aromatic carbocycles. The maximum atomic E-state index is 13.4. The lowest BCUT2D eigenvalue weighted by Gasteiger charge is -2.35. The fraction of sp³-hybridized carbons (Fsp3) is 0.211. The smallest absolute Gasteiger partial charge is 0.265 e. The number of benzene rings is 3. The third-order valence-corrected chi connectivity index (χ3v) is 17.7. The first kappa shape index (κ1) is 53.7. The minimum Gasteiger partial charge on any atom is -0.311 e. The molecular weight excluding hydrogens is 1070 g/mol. The number of amides is 6. The van der Waals surface area contributed by atoms with E-state index in [1.54, 1.807) is 18.2 Å². The summed E-state index contributed by atoms with van der Waals surface area (Å²) in [7, 11) is 0. The van der Waals surface area contributed by atoms with Crippen LogP contribution in [0.1, 0.15) is 56.2 Å². The monoisotopic (exact) mass is 1120 g/mol. The third kappa shape index (κ3) is 10.1. The molecule has 6 heterocycles. The Labute approximate surface area is 469 Å². The van der Waals surface area contributed by atoms with E-state index in [-0.39, 0.29) is 32.1 Å². The highest BCUT2D eigenvalue weighted by Crippen LogP contribution is 2.41. The minimum atomic E-state index is -0.399. The van der Waals surface area contributed by atoms with Gasteiger partial charge in [0.2, 0.25) is 0 Å². The first-order valence-electron chi connectivity index (χ1n) is 24.7. The lowest BCUT2D eigenvalue weighted by Crippen LogP contribution is -2.55. The van der Waals surface area contributed by atoms with Crippen LogP contribution in [-0.4, -0.2) is 119 Å². The van der Waals surface area contributed by atoms with Gasteiger partial charge in [-0.15, -0.1) is 34.0 Å². The Morgan fingerprint density at radius 1 is 0.342 bits per heavy atom. The van der Waals surface area contributed by atoms with Crippen molar-refractivity contribution in [2.45, 2.75) is 41.5 Å². The van der Waals surface area contributed by atoms with Crippen LogP contribution in [0.2, 0.25) is 0 Å². The van der Waals surface area contributed by atoms with Gasteiger partial charge in [0, 0.05) is 85.6 Å². The second kappa shape index (κ2) is 22.6. The first-order valence-corrected chi connectivity index (χ1v) is 28.4. The van der Waals surface area contributed by atoms with E-state index < -0.39 is 35.4 Å². The van der Waals surface area contributed by atoms with Crippen LogP contribution in [0.3, 0.4) is 0 Å². The number of rotatable bonds is 15. The molecule has 13 nitrogen and oxygen atoms in total. The summed E-state index contributed by atoms with van der Waals surface area (Å²) in [6, 6.07) is 36.3. The van der Waals surface area contributed by atoms with Gasteiger partial charge in [-0.25, -0.2) is 0 Å². The molecule has 386 valence electrons. The Kier molecular flexibility index (Phi) is 16.0. The van der Waals surface area contributed by atoms with Gasteiger partial charge in [-0.05, 0) is 186 Å². The highest BCUT2D eigenvalue weighted by Gasteiger charge is 2.40. The number of likely N-dealkylation sites (N-methyl/N-ethyl adjacent to an activating group) is 6. The second-order valence-corrected chi connectivity index (χ2v) is 21.8. The molecule has 6 aromatic rings.